The molecular weight excluding hydrogens is 378 g/mol. The maximum Gasteiger partial charge on any atom is 0.290 e. The molecule has 0 aliphatic carbocycles. The largest absolute Gasteiger partial charge is 0.503 e. The minimum atomic E-state index is -0.737. The molecule has 0 saturated carbocycles. The second kappa shape index (κ2) is 8.53. The SMILES string of the molecule is O=C(/C=C/c1ccccc1)C1=C(O)C(=O)N(Cc2cccnc2)C1c1cccnc1. The number of rotatable bonds is 6. The van der Waals surface area contributed by atoms with E-state index in [1.807, 2.05) is 36.4 Å². The molecule has 1 aromatic carbocycles. The van der Waals surface area contributed by atoms with Crippen molar-refractivity contribution in [2.24, 2.45) is 0 Å². The number of aromatic nitrogens is 2. The molecule has 1 aliphatic rings. The Labute approximate surface area is 173 Å². The number of carbonyl (C=O) groups is 2. The van der Waals surface area contributed by atoms with E-state index in [0.29, 0.717) is 5.56 Å². The molecule has 4 rings (SSSR count). The number of hydrogen-bond donors (Lipinski definition) is 1. The van der Waals surface area contributed by atoms with E-state index in [1.54, 1.807) is 49.1 Å². The van der Waals surface area contributed by atoms with Gasteiger partial charge in [-0.25, -0.2) is 0 Å². The lowest BCUT2D eigenvalue weighted by Crippen LogP contribution is -2.30. The van der Waals surface area contributed by atoms with Gasteiger partial charge in [0, 0.05) is 31.3 Å². The van der Waals surface area contributed by atoms with E-state index >= 15 is 0 Å². The van der Waals surface area contributed by atoms with Crippen molar-refractivity contribution in [3.05, 3.63) is 113 Å². The highest BCUT2D eigenvalue weighted by atomic mass is 16.3. The summed E-state index contributed by atoms with van der Waals surface area (Å²) in [5, 5.41) is 10.6. The Morgan fingerprint density at radius 3 is 2.40 bits per heavy atom. The number of pyridine rings is 2. The molecule has 30 heavy (non-hydrogen) atoms. The van der Waals surface area contributed by atoms with Crippen LogP contribution in [0.5, 0.6) is 0 Å². The van der Waals surface area contributed by atoms with Gasteiger partial charge in [-0.1, -0.05) is 48.5 Å². The van der Waals surface area contributed by atoms with Crippen molar-refractivity contribution in [3.8, 4) is 0 Å². The zero-order chi connectivity index (χ0) is 20.9. The summed E-state index contributed by atoms with van der Waals surface area (Å²) in [6.07, 6.45) is 9.56. The average Bonchev–Trinajstić information content (AvgIpc) is 3.04. The van der Waals surface area contributed by atoms with E-state index in [4.69, 9.17) is 0 Å². The highest BCUT2D eigenvalue weighted by Gasteiger charge is 2.42. The summed E-state index contributed by atoms with van der Waals surface area (Å²) >= 11 is 0. The monoisotopic (exact) mass is 397 g/mol. The Balaban J connectivity index is 1.70. The van der Waals surface area contributed by atoms with E-state index in [9.17, 15) is 14.7 Å². The van der Waals surface area contributed by atoms with Gasteiger partial charge in [-0.05, 0) is 34.9 Å². The number of aliphatic hydroxyl groups is 1. The van der Waals surface area contributed by atoms with E-state index in [2.05, 4.69) is 9.97 Å². The molecule has 6 heteroatoms. The van der Waals surface area contributed by atoms with Crippen LogP contribution < -0.4 is 0 Å². The number of nitrogens with zero attached hydrogens (tertiary/aromatic N) is 3. The summed E-state index contributed by atoms with van der Waals surface area (Å²) < 4.78 is 0. The summed E-state index contributed by atoms with van der Waals surface area (Å²) in [5.41, 5.74) is 2.33. The van der Waals surface area contributed by atoms with Gasteiger partial charge in [0.05, 0.1) is 11.6 Å². The molecule has 0 saturated heterocycles. The summed E-state index contributed by atoms with van der Waals surface area (Å²) in [6, 6.07) is 15.8. The van der Waals surface area contributed by atoms with Crippen LogP contribution >= 0.6 is 0 Å². The zero-order valence-electron chi connectivity index (χ0n) is 16.1. The van der Waals surface area contributed by atoms with Crippen molar-refractivity contribution in [1.82, 2.24) is 14.9 Å². The van der Waals surface area contributed by atoms with Crippen LogP contribution in [0, 0.1) is 0 Å². The molecule has 2 aromatic heterocycles. The lowest BCUT2D eigenvalue weighted by Gasteiger charge is -2.26. The van der Waals surface area contributed by atoms with Crippen LogP contribution in [-0.2, 0) is 16.1 Å². The lowest BCUT2D eigenvalue weighted by atomic mass is 9.96. The van der Waals surface area contributed by atoms with Crippen molar-refractivity contribution in [2.45, 2.75) is 12.6 Å². The molecule has 1 atom stereocenters. The Kier molecular flexibility index (Phi) is 5.48. The van der Waals surface area contributed by atoms with E-state index in [1.165, 1.54) is 11.0 Å². The third kappa shape index (κ3) is 3.89. The topological polar surface area (TPSA) is 83.4 Å². The number of hydrogen-bond acceptors (Lipinski definition) is 5. The average molecular weight is 397 g/mol. The number of benzene rings is 1. The molecule has 0 radical (unpaired) electrons. The predicted octanol–water partition coefficient (Wildman–Crippen LogP) is 3.65. The van der Waals surface area contributed by atoms with Gasteiger partial charge in [0.15, 0.2) is 11.5 Å². The minimum absolute atomic E-state index is 0.0454. The third-order valence-corrected chi connectivity index (χ3v) is 4.87. The fraction of sp³-hybridized carbons (Fsp3) is 0.0833. The molecule has 6 nitrogen and oxygen atoms in total. The van der Waals surface area contributed by atoms with E-state index < -0.39 is 23.5 Å². The Morgan fingerprint density at radius 1 is 1.00 bits per heavy atom. The maximum atomic E-state index is 13.0. The van der Waals surface area contributed by atoms with Gasteiger partial charge in [-0.15, -0.1) is 0 Å². The maximum absolute atomic E-state index is 13.0. The number of ketones is 1. The van der Waals surface area contributed by atoms with Crippen molar-refractivity contribution >= 4 is 17.8 Å². The smallest absolute Gasteiger partial charge is 0.290 e. The van der Waals surface area contributed by atoms with Crippen LogP contribution in [0.25, 0.3) is 6.08 Å². The molecular formula is C24H19N3O3. The number of amides is 1. The Hall–Kier alpha value is -4.06. The summed E-state index contributed by atoms with van der Waals surface area (Å²) in [6.45, 7) is 0.204. The summed E-state index contributed by atoms with van der Waals surface area (Å²) in [5.74, 6) is -1.55. The molecule has 3 aromatic rings. The normalized spacial score (nSPS) is 16.5. The fourth-order valence-electron chi connectivity index (χ4n) is 3.47. The van der Waals surface area contributed by atoms with Crippen LogP contribution in [0.1, 0.15) is 22.7 Å². The fourth-order valence-corrected chi connectivity index (χ4v) is 3.47. The molecule has 0 fully saturated rings. The molecule has 0 spiro atoms. The lowest BCUT2D eigenvalue weighted by molar-refractivity contribution is -0.130. The molecule has 1 amide bonds. The van der Waals surface area contributed by atoms with Gasteiger partial charge in [-0.3, -0.25) is 19.6 Å². The van der Waals surface area contributed by atoms with Crippen LogP contribution in [0.3, 0.4) is 0 Å². The molecule has 3 heterocycles. The molecule has 1 N–H and O–H groups in total. The first kappa shape index (κ1) is 19.3. The summed E-state index contributed by atoms with van der Waals surface area (Å²) in [7, 11) is 0. The van der Waals surface area contributed by atoms with Crippen molar-refractivity contribution in [3.63, 3.8) is 0 Å². The number of allylic oxidation sites excluding steroid dienone is 1. The predicted molar refractivity (Wildman–Crippen MR) is 112 cm³/mol. The van der Waals surface area contributed by atoms with Crippen LogP contribution in [-0.4, -0.2) is 31.7 Å². The van der Waals surface area contributed by atoms with Crippen LogP contribution in [0.2, 0.25) is 0 Å². The van der Waals surface area contributed by atoms with Gasteiger partial charge in [-0.2, -0.15) is 0 Å². The number of carbonyl (C=O) groups excluding carboxylic acids is 2. The minimum Gasteiger partial charge on any atom is -0.503 e. The van der Waals surface area contributed by atoms with Crippen molar-refractivity contribution < 1.29 is 14.7 Å². The van der Waals surface area contributed by atoms with Crippen molar-refractivity contribution in [1.29, 1.82) is 0 Å². The van der Waals surface area contributed by atoms with Crippen molar-refractivity contribution in [2.75, 3.05) is 0 Å². The first-order valence-corrected chi connectivity index (χ1v) is 9.45. The number of aliphatic hydroxyl groups excluding tert-OH is 1. The van der Waals surface area contributed by atoms with Gasteiger partial charge in [0.25, 0.3) is 5.91 Å². The van der Waals surface area contributed by atoms with E-state index in [-0.39, 0.29) is 12.1 Å². The van der Waals surface area contributed by atoms with Gasteiger partial charge < -0.3 is 10.0 Å². The quantitative estimate of drug-likeness (QED) is 0.642. The van der Waals surface area contributed by atoms with Gasteiger partial charge in [0.2, 0.25) is 0 Å². The van der Waals surface area contributed by atoms with Crippen LogP contribution in [0.4, 0.5) is 0 Å². The summed E-state index contributed by atoms with van der Waals surface area (Å²) in [4.78, 5) is 35.6. The molecule has 148 valence electrons. The highest BCUT2D eigenvalue weighted by Crippen LogP contribution is 2.38. The Morgan fingerprint density at radius 2 is 1.73 bits per heavy atom. The first-order valence-electron chi connectivity index (χ1n) is 9.45. The molecule has 0 bridgehead atoms. The third-order valence-electron chi connectivity index (χ3n) is 4.87. The molecule has 1 aliphatic heterocycles. The Bertz CT molecular complexity index is 1110. The second-order valence-electron chi connectivity index (χ2n) is 6.85. The zero-order valence-corrected chi connectivity index (χ0v) is 16.1. The van der Waals surface area contributed by atoms with E-state index in [0.717, 1.165) is 11.1 Å². The second-order valence-corrected chi connectivity index (χ2v) is 6.85. The standard InChI is InChI=1S/C24H19N3O3/c28-20(11-10-17-6-2-1-3-7-17)21-22(19-9-5-13-26-15-19)27(24(30)23(21)29)16-18-8-4-12-25-14-18/h1-15,22,29H,16H2/b11-10+. The van der Waals surface area contributed by atoms with Crippen LogP contribution in [0.15, 0.2) is 96.8 Å². The van der Waals surface area contributed by atoms with Gasteiger partial charge in [0.1, 0.15) is 0 Å². The first-order chi connectivity index (χ1) is 14.6. The molecule has 1 unspecified atom stereocenters. The van der Waals surface area contributed by atoms with Gasteiger partial charge >= 0.3 is 0 Å². The highest BCUT2D eigenvalue weighted by molar-refractivity contribution is 6.14.